The number of carbonyl (C=O) groups excluding carboxylic acids is 1. The number of hydrogen-bond donors (Lipinski definition) is 1. The van der Waals surface area contributed by atoms with Crippen LogP contribution in [0.4, 0.5) is 5.69 Å². The summed E-state index contributed by atoms with van der Waals surface area (Å²) in [5.41, 5.74) is 0.960. The van der Waals surface area contributed by atoms with Crippen LogP contribution in [0.2, 0.25) is 0 Å². The third-order valence-electron chi connectivity index (χ3n) is 2.53. The van der Waals surface area contributed by atoms with Gasteiger partial charge in [0, 0.05) is 17.1 Å². The molecule has 0 saturated carbocycles. The summed E-state index contributed by atoms with van der Waals surface area (Å²) < 4.78 is 28.2. The Balaban J connectivity index is 3.26. The van der Waals surface area contributed by atoms with Crippen LogP contribution in [0.3, 0.4) is 0 Å². The van der Waals surface area contributed by atoms with E-state index in [1.807, 2.05) is 13.8 Å². The van der Waals surface area contributed by atoms with Gasteiger partial charge in [-0.05, 0) is 30.5 Å². The molecule has 0 radical (unpaired) electrons. The van der Waals surface area contributed by atoms with E-state index in [1.165, 1.54) is 13.2 Å². The van der Waals surface area contributed by atoms with Crippen molar-refractivity contribution in [2.75, 3.05) is 12.4 Å². The van der Waals surface area contributed by atoms with Gasteiger partial charge in [0.2, 0.25) is 5.91 Å². The van der Waals surface area contributed by atoms with Crippen molar-refractivity contribution < 1.29 is 17.9 Å². The molecular weight excluding hydrogens is 302 g/mol. The van der Waals surface area contributed by atoms with E-state index >= 15 is 0 Å². The minimum atomic E-state index is -3.95. The maximum absolute atomic E-state index is 11.8. The molecule has 0 aromatic heterocycles. The van der Waals surface area contributed by atoms with Crippen molar-refractivity contribution in [3.05, 3.63) is 17.7 Å². The molecule has 0 aliphatic heterocycles. The number of rotatable bonds is 5. The fourth-order valence-electron chi connectivity index (χ4n) is 1.80. The van der Waals surface area contributed by atoms with Gasteiger partial charge in [-0.25, -0.2) is 8.42 Å². The molecule has 1 aromatic carbocycles. The number of carbonyl (C=O) groups is 1. The van der Waals surface area contributed by atoms with E-state index in [9.17, 15) is 13.2 Å². The number of anilines is 1. The first-order chi connectivity index (χ1) is 9.15. The standard InChI is InChI=1S/C13H18ClNO4S/c1-8(2)5-12(16)15-10-6-9(3)7-11(13(10)19-4)20(14,17)18/h6-8H,5H2,1-4H3,(H,15,16). The Morgan fingerprint density at radius 2 is 2.00 bits per heavy atom. The number of ether oxygens (including phenoxy) is 1. The van der Waals surface area contributed by atoms with Crippen molar-refractivity contribution in [2.45, 2.75) is 32.1 Å². The molecule has 1 rings (SSSR count). The fraction of sp³-hybridized carbons (Fsp3) is 0.462. The van der Waals surface area contributed by atoms with Crippen molar-refractivity contribution in [3.63, 3.8) is 0 Å². The minimum Gasteiger partial charge on any atom is -0.493 e. The summed E-state index contributed by atoms with van der Waals surface area (Å²) in [5.74, 6) is 0.0339. The van der Waals surface area contributed by atoms with E-state index in [4.69, 9.17) is 15.4 Å². The number of halogens is 1. The molecule has 0 heterocycles. The van der Waals surface area contributed by atoms with Crippen LogP contribution in [0.25, 0.3) is 0 Å². The van der Waals surface area contributed by atoms with Crippen LogP contribution >= 0.6 is 10.7 Å². The Hall–Kier alpha value is -1.27. The van der Waals surface area contributed by atoms with Gasteiger partial charge in [0.05, 0.1) is 12.8 Å². The fourth-order valence-corrected chi connectivity index (χ4v) is 2.88. The first-order valence-electron chi connectivity index (χ1n) is 6.08. The Kier molecular flexibility index (Phi) is 5.42. The largest absolute Gasteiger partial charge is 0.493 e. The summed E-state index contributed by atoms with van der Waals surface area (Å²) in [5, 5.41) is 2.66. The number of benzene rings is 1. The van der Waals surface area contributed by atoms with Crippen LogP contribution < -0.4 is 10.1 Å². The van der Waals surface area contributed by atoms with Gasteiger partial charge in [0.15, 0.2) is 5.75 Å². The highest BCUT2D eigenvalue weighted by atomic mass is 35.7. The molecule has 1 amide bonds. The molecule has 7 heteroatoms. The first-order valence-corrected chi connectivity index (χ1v) is 8.39. The van der Waals surface area contributed by atoms with E-state index in [-0.39, 0.29) is 22.5 Å². The van der Waals surface area contributed by atoms with Crippen LogP contribution in [0, 0.1) is 12.8 Å². The molecule has 0 spiro atoms. The topological polar surface area (TPSA) is 72.5 Å². The summed E-state index contributed by atoms with van der Waals surface area (Å²) >= 11 is 0. The van der Waals surface area contributed by atoms with E-state index in [0.29, 0.717) is 17.7 Å². The number of amides is 1. The third kappa shape index (κ3) is 4.38. The monoisotopic (exact) mass is 319 g/mol. The Morgan fingerprint density at radius 3 is 2.45 bits per heavy atom. The molecule has 112 valence electrons. The molecule has 0 aliphatic rings. The molecule has 0 bridgehead atoms. The number of methoxy groups -OCH3 is 1. The highest BCUT2D eigenvalue weighted by molar-refractivity contribution is 8.13. The summed E-state index contributed by atoms with van der Waals surface area (Å²) in [6.07, 6.45) is 0.333. The highest BCUT2D eigenvalue weighted by Crippen LogP contribution is 2.35. The van der Waals surface area contributed by atoms with Crippen LogP contribution in [0.5, 0.6) is 5.75 Å². The normalized spacial score (nSPS) is 11.5. The van der Waals surface area contributed by atoms with Crippen LogP contribution in [0.15, 0.2) is 17.0 Å². The number of nitrogens with one attached hydrogen (secondary N) is 1. The van der Waals surface area contributed by atoms with Crippen molar-refractivity contribution in [3.8, 4) is 5.75 Å². The molecule has 1 N–H and O–H groups in total. The number of aryl methyl sites for hydroxylation is 1. The smallest absolute Gasteiger partial charge is 0.265 e. The van der Waals surface area contributed by atoms with E-state index in [0.717, 1.165) is 0 Å². The highest BCUT2D eigenvalue weighted by Gasteiger charge is 2.21. The van der Waals surface area contributed by atoms with E-state index in [2.05, 4.69) is 5.32 Å². The summed E-state index contributed by atoms with van der Waals surface area (Å²) in [7, 11) is 2.76. The molecule has 0 atom stereocenters. The van der Waals surface area contributed by atoms with Gasteiger partial charge < -0.3 is 10.1 Å². The van der Waals surface area contributed by atoms with Crippen molar-refractivity contribution in [2.24, 2.45) is 5.92 Å². The van der Waals surface area contributed by atoms with Crippen molar-refractivity contribution in [1.82, 2.24) is 0 Å². The zero-order chi connectivity index (χ0) is 15.5. The lowest BCUT2D eigenvalue weighted by molar-refractivity contribution is -0.116. The molecule has 0 unspecified atom stereocenters. The van der Waals surface area contributed by atoms with Crippen molar-refractivity contribution in [1.29, 1.82) is 0 Å². The first kappa shape index (κ1) is 16.8. The molecular formula is C13H18ClNO4S. The van der Waals surface area contributed by atoms with Crippen LogP contribution in [-0.2, 0) is 13.8 Å². The predicted octanol–water partition coefficient (Wildman–Crippen LogP) is 2.92. The summed E-state index contributed by atoms with van der Waals surface area (Å²) in [4.78, 5) is 11.7. The quantitative estimate of drug-likeness (QED) is 0.847. The average molecular weight is 320 g/mol. The number of hydrogen-bond acceptors (Lipinski definition) is 4. The SMILES string of the molecule is COc1c(NC(=O)CC(C)C)cc(C)cc1S(=O)(=O)Cl. The zero-order valence-corrected chi connectivity index (χ0v) is 13.4. The van der Waals surface area contributed by atoms with Gasteiger partial charge in [-0.1, -0.05) is 13.8 Å². The Morgan fingerprint density at radius 1 is 1.40 bits per heavy atom. The second-order valence-corrected chi connectivity index (χ2v) is 7.46. The summed E-state index contributed by atoms with van der Waals surface area (Å²) in [6, 6.07) is 3.04. The lowest BCUT2D eigenvalue weighted by Gasteiger charge is -2.14. The van der Waals surface area contributed by atoms with Crippen LogP contribution in [-0.4, -0.2) is 21.4 Å². The second-order valence-electron chi connectivity index (χ2n) is 4.93. The molecule has 1 aromatic rings. The Labute approximate surface area is 123 Å². The van der Waals surface area contributed by atoms with E-state index < -0.39 is 9.05 Å². The minimum absolute atomic E-state index is 0.0442. The van der Waals surface area contributed by atoms with Gasteiger partial charge in [-0.15, -0.1) is 0 Å². The molecule has 0 fully saturated rings. The molecule has 20 heavy (non-hydrogen) atoms. The van der Waals surface area contributed by atoms with Gasteiger partial charge in [0.25, 0.3) is 9.05 Å². The van der Waals surface area contributed by atoms with Gasteiger partial charge >= 0.3 is 0 Å². The van der Waals surface area contributed by atoms with Gasteiger partial charge in [0.1, 0.15) is 4.90 Å². The molecule has 0 saturated heterocycles. The van der Waals surface area contributed by atoms with Gasteiger partial charge in [-0.3, -0.25) is 4.79 Å². The lowest BCUT2D eigenvalue weighted by Crippen LogP contribution is -2.15. The average Bonchev–Trinajstić information content (AvgIpc) is 2.25. The van der Waals surface area contributed by atoms with E-state index in [1.54, 1.807) is 13.0 Å². The maximum atomic E-state index is 11.8. The lowest BCUT2D eigenvalue weighted by atomic mass is 10.1. The maximum Gasteiger partial charge on any atom is 0.265 e. The summed E-state index contributed by atoms with van der Waals surface area (Å²) in [6.45, 7) is 5.55. The van der Waals surface area contributed by atoms with Crippen LogP contribution in [0.1, 0.15) is 25.8 Å². The Bertz CT molecular complexity index is 611. The predicted molar refractivity (Wildman–Crippen MR) is 78.9 cm³/mol. The molecule has 0 aliphatic carbocycles. The van der Waals surface area contributed by atoms with Gasteiger partial charge in [-0.2, -0.15) is 0 Å². The second kappa shape index (κ2) is 6.45. The van der Waals surface area contributed by atoms with Crippen molar-refractivity contribution >= 4 is 31.3 Å². The zero-order valence-electron chi connectivity index (χ0n) is 11.9. The third-order valence-corrected chi connectivity index (χ3v) is 3.86. The molecule has 5 nitrogen and oxygen atoms in total.